The topological polar surface area (TPSA) is 59.7 Å². The van der Waals surface area contributed by atoms with Crippen LogP contribution in [-0.2, 0) is 6.61 Å². The summed E-state index contributed by atoms with van der Waals surface area (Å²) in [6.45, 7) is 0.415. The molecule has 0 fully saturated rings. The third-order valence-corrected chi connectivity index (χ3v) is 3.92. The van der Waals surface area contributed by atoms with Crippen LogP contribution < -0.4 is 10.4 Å². The van der Waals surface area contributed by atoms with Crippen molar-refractivity contribution in [3.05, 3.63) is 82.7 Å². The number of rotatable bonds is 3. The van der Waals surface area contributed by atoms with Crippen LogP contribution in [0.1, 0.15) is 5.56 Å². The maximum Gasteiger partial charge on any atom is 0.344 e. The van der Waals surface area contributed by atoms with Gasteiger partial charge in [-0.25, -0.2) is 4.79 Å². The van der Waals surface area contributed by atoms with Crippen LogP contribution in [0.4, 0.5) is 0 Å². The van der Waals surface area contributed by atoms with Gasteiger partial charge in [0.15, 0.2) is 0 Å². The Bertz CT molecular complexity index is 1080. The Hall–Kier alpha value is -3.27. The molecule has 3 aromatic carbocycles. The Kier molecular flexibility index (Phi) is 3.43. The van der Waals surface area contributed by atoms with Gasteiger partial charge in [-0.2, -0.15) is 0 Å². The van der Waals surface area contributed by atoms with Crippen molar-refractivity contribution in [3.8, 4) is 11.5 Å². The van der Waals surface area contributed by atoms with Crippen LogP contribution >= 0.6 is 0 Å². The van der Waals surface area contributed by atoms with Crippen LogP contribution in [0.2, 0.25) is 0 Å². The average molecular weight is 318 g/mol. The van der Waals surface area contributed by atoms with Gasteiger partial charge < -0.3 is 14.3 Å². The highest BCUT2D eigenvalue weighted by molar-refractivity contribution is 6.07. The summed E-state index contributed by atoms with van der Waals surface area (Å²) in [5, 5.41) is 11.4. The summed E-state index contributed by atoms with van der Waals surface area (Å²) in [6.07, 6.45) is 0. The lowest BCUT2D eigenvalue weighted by Gasteiger charge is -2.11. The summed E-state index contributed by atoms with van der Waals surface area (Å²) in [5.41, 5.74) is 1.03. The van der Waals surface area contributed by atoms with Gasteiger partial charge in [0.1, 0.15) is 23.7 Å². The van der Waals surface area contributed by atoms with Crippen LogP contribution in [-0.4, -0.2) is 5.11 Å². The highest BCUT2D eigenvalue weighted by Gasteiger charge is 2.12. The van der Waals surface area contributed by atoms with E-state index in [0.717, 1.165) is 10.9 Å². The molecule has 24 heavy (non-hydrogen) atoms. The van der Waals surface area contributed by atoms with Crippen molar-refractivity contribution < 1.29 is 14.3 Å². The fourth-order valence-electron chi connectivity index (χ4n) is 2.79. The molecule has 4 aromatic rings. The van der Waals surface area contributed by atoms with Crippen LogP contribution in [0.3, 0.4) is 0 Å². The molecule has 1 heterocycles. The van der Waals surface area contributed by atoms with Crippen molar-refractivity contribution in [2.24, 2.45) is 0 Å². The predicted octanol–water partition coefficient (Wildman–Crippen LogP) is 4.23. The van der Waals surface area contributed by atoms with E-state index < -0.39 is 5.63 Å². The molecule has 1 aromatic heterocycles. The molecule has 0 aliphatic heterocycles. The minimum absolute atomic E-state index is 0.0248. The summed E-state index contributed by atoms with van der Waals surface area (Å²) < 4.78 is 11.3. The van der Waals surface area contributed by atoms with E-state index in [9.17, 15) is 9.90 Å². The number of hydrogen-bond donors (Lipinski definition) is 1. The summed E-state index contributed by atoms with van der Waals surface area (Å²) in [5.74, 6) is 0.660. The molecule has 0 aliphatic rings. The molecule has 4 nitrogen and oxygen atoms in total. The molecule has 1 N–H and O–H groups in total. The molecule has 0 spiro atoms. The monoisotopic (exact) mass is 318 g/mol. The van der Waals surface area contributed by atoms with Gasteiger partial charge in [-0.1, -0.05) is 36.4 Å². The van der Waals surface area contributed by atoms with Crippen LogP contribution in [0.25, 0.3) is 21.7 Å². The van der Waals surface area contributed by atoms with Crippen molar-refractivity contribution >= 4 is 21.7 Å². The highest BCUT2D eigenvalue weighted by Crippen LogP contribution is 2.33. The first kappa shape index (κ1) is 14.3. The van der Waals surface area contributed by atoms with Crippen LogP contribution in [0.5, 0.6) is 11.5 Å². The zero-order valence-electron chi connectivity index (χ0n) is 12.7. The molecule has 0 saturated carbocycles. The Morgan fingerprint density at radius 3 is 2.58 bits per heavy atom. The first-order valence-electron chi connectivity index (χ1n) is 7.58. The second-order valence-electron chi connectivity index (χ2n) is 5.52. The molecule has 0 saturated heterocycles. The number of fused-ring (bicyclic) bond motifs is 3. The lowest BCUT2D eigenvalue weighted by Crippen LogP contribution is -2.01. The predicted molar refractivity (Wildman–Crippen MR) is 92.4 cm³/mol. The molecular formula is C20H14O4. The molecule has 118 valence electrons. The van der Waals surface area contributed by atoms with E-state index >= 15 is 0 Å². The summed E-state index contributed by atoms with van der Waals surface area (Å²) in [4.78, 5) is 12.1. The number of benzene rings is 3. The minimum Gasteiger partial charge on any atom is -0.508 e. The molecule has 0 bridgehead atoms. The number of phenols is 1. The smallest absolute Gasteiger partial charge is 0.344 e. The Labute approximate surface area is 137 Å². The van der Waals surface area contributed by atoms with Gasteiger partial charge in [-0.3, -0.25) is 0 Å². The van der Waals surface area contributed by atoms with Gasteiger partial charge in [0, 0.05) is 5.39 Å². The van der Waals surface area contributed by atoms with E-state index in [1.54, 1.807) is 24.3 Å². The summed E-state index contributed by atoms with van der Waals surface area (Å²) >= 11 is 0. The zero-order valence-corrected chi connectivity index (χ0v) is 12.7. The van der Waals surface area contributed by atoms with Gasteiger partial charge >= 0.3 is 5.63 Å². The number of phenolic OH excluding ortho intramolecular Hbond substituents is 1. The Balaban J connectivity index is 1.88. The van der Waals surface area contributed by atoms with E-state index in [0.29, 0.717) is 28.7 Å². The van der Waals surface area contributed by atoms with Crippen molar-refractivity contribution in [1.29, 1.82) is 0 Å². The zero-order chi connectivity index (χ0) is 16.5. The minimum atomic E-state index is -0.478. The van der Waals surface area contributed by atoms with E-state index in [1.807, 2.05) is 36.4 Å². The van der Waals surface area contributed by atoms with Gasteiger partial charge in [-0.05, 0) is 35.9 Å². The van der Waals surface area contributed by atoms with Crippen molar-refractivity contribution in [3.63, 3.8) is 0 Å². The molecule has 0 unspecified atom stereocenters. The van der Waals surface area contributed by atoms with Gasteiger partial charge in [-0.15, -0.1) is 0 Å². The molecule has 0 amide bonds. The maximum atomic E-state index is 12.1. The van der Waals surface area contributed by atoms with Crippen molar-refractivity contribution in [1.82, 2.24) is 0 Å². The van der Waals surface area contributed by atoms with Gasteiger partial charge in [0.2, 0.25) is 0 Å². The summed E-state index contributed by atoms with van der Waals surface area (Å²) in [6, 6.07) is 19.9. The van der Waals surface area contributed by atoms with E-state index in [4.69, 9.17) is 9.15 Å². The third-order valence-electron chi connectivity index (χ3n) is 3.92. The average Bonchev–Trinajstić information content (AvgIpc) is 2.61. The Morgan fingerprint density at radius 1 is 0.917 bits per heavy atom. The second kappa shape index (κ2) is 5.74. The molecule has 4 rings (SSSR count). The van der Waals surface area contributed by atoms with Gasteiger partial charge in [0.05, 0.1) is 10.8 Å². The quantitative estimate of drug-likeness (QED) is 0.453. The van der Waals surface area contributed by atoms with Crippen LogP contribution in [0, 0.1) is 0 Å². The number of aromatic hydroxyl groups is 1. The van der Waals surface area contributed by atoms with Crippen molar-refractivity contribution in [2.75, 3.05) is 0 Å². The largest absolute Gasteiger partial charge is 0.508 e. The molecule has 0 atom stereocenters. The van der Waals surface area contributed by atoms with E-state index in [-0.39, 0.29) is 5.75 Å². The number of ether oxygens (including phenoxy) is 1. The molecule has 0 radical (unpaired) electrons. The fourth-order valence-corrected chi connectivity index (χ4v) is 2.79. The lowest BCUT2D eigenvalue weighted by atomic mass is 10.1. The first-order valence-corrected chi connectivity index (χ1v) is 7.58. The Morgan fingerprint density at radius 2 is 1.75 bits per heavy atom. The lowest BCUT2D eigenvalue weighted by molar-refractivity contribution is 0.310. The first-order chi connectivity index (χ1) is 11.7. The molecular weight excluding hydrogens is 304 g/mol. The SMILES string of the molecule is O=c1oc2cccc(OCc3ccccc3)c2c2ccc(O)cc12. The standard InChI is InChI=1S/C20H14O4/c21-14-9-10-15-16(11-14)20(22)24-18-8-4-7-17(19(15)18)23-12-13-5-2-1-3-6-13/h1-11,21H,12H2. The summed E-state index contributed by atoms with van der Waals surface area (Å²) in [7, 11) is 0. The van der Waals surface area contributed by atoms with E-state index in [2.05, 4.69) is 0 Å². The second-order valence-corrected chi connectivity index (χ2v) is 5.52. The number of hydrogen-bond acceptors (Lipinski definition) is 4. The molecule has 4 heteroatoms. The molecule has 0 aliphatic carbocycles. The van der Waals surface area contributed by atoms with Crippen LogP contribution in [0.15, 0.2) is 75.9 Å². The normalized spacial score (nSPS) is 11.0. The third kappa shape index (κ3) is 2.48. The maximum absolute atomic E-state index is 12.1. The highest BCUT2D eigenvalue weighted by atomic mass is 16.5. The van der Waals surface area contributed by atoms with E-state index in [1.165, 1.54) is 6.07 Å². The van der Waals surface area contributed by atoms with Crippen molar-refractivity contribution in [2.45, 2.75) is 6.61 Å². The fraction of sp³-hybridized carbons (Fsp3) is 0.0500. The van der Waals surface area contributed by atoms with Gasteiger partial charge in [0.25, 0.3) is 0 Å².